The van der Waals surface area contributed by atoms with Gasteiger partial charge in [0.25, 0.3) is 11.1 Å². The van der Waals surface area contributed by atoms with Gasteiger partial charge in [0.05, 0.1) is 25.0 Å². The van der Waals surface area contributed by atoms with Crippen LogP contribution in [-0.2, 0) is 17.9 Å². The molecule has 2 aromatic heterocycles. The van der Waals surface area contributed by atoms with Crippen molar-refractivity contribution in [3.8, 4) is 28.3 Å². The van der Waals surface area contributed by atoms with E-state index < -0.39 is 5.91 Å². The quantitative estimate of drug-likeness (QED) is 0.371. The zero-order valence-corrected chi connectivity index (χ0v) is 20.4. The van der Waals surface area contributed by atoms with Crippen LogP contribution in [-0.4, -0.2) is 39.1 Å². The van der Waals surface area contributed by atoms with Crippen molar-refractivity contribution in [1.82, 2.24) is 24.9 Å². The first kappa shape index (κ1) is 24.1. The van der Waals surface area contributed by atoms with Crippen LogP contribution < -0.4 is 21.2 Å². The molecule has 1 amide bonds. The first-order chi connectivity index (χ1) is 16.9. The highest BCUT2D eigenvalue weighted by molar-refractivity contribution is 9.10. The molecule has 0 fully saturated rings. The van der Waals surface area contributed by atoms with Crippen molar-refractivity contribution in [2.24, 2.45) is 0 Å². The normalized spacial score (nSPS) is 10.7. The SMILES string of the molecule is COc1ccc(-c2ccc(=O)n(CCNC(=O)Cn3nc(-c4ccc(Br)cc4)ccc3=O)n2)cc1. The Morgan fingerprint density at radius 1 is 0.829 bits per heavy atom. The van der Waals surface area contributed by atoms with Crippen LogP contribution in [0.1, 0.15) is 0 Å². The number of rotatable bonds is 8. The van der Waals surface area contributed by atoms with Crippen LogP contribution in [0.3, 0.4) is 0 Å². The van der Waals surface area contributed by atoms with Gasteiger partial charge in [0.1, 0.15) is 12.3 Å². The summed E-state index contributed by atoms with van der Waals surface area (Å²) in [6, 6.07) is 20.9. The van der Waals surface area contributed by atoms with Crippen molar-refractivity contribution in [2.45, 2.75) is 13.1 Å². The Morgan fingerprint density at radius 3 is 1.97 bits per heavy atom. The maximum absolute atomic E-state index is 12.4. The van der Waals surface area contributed by atoms with E-state index in [9.17, 15) is 14.4 Å². The minimum absolute atomic E-state index is 0.166. The van der Waals surface area contributed by atoms with Gasteiger partial charge in [-0.3, -0.25) is 14.4 Å². The van der Waals surface area contributed by atoms with E-state index in [1.54, 1.807) is 19.2 Å². The molecule has 4 rings (SSSR count). The highest BCUT2D eigenvalue weighted by Gasteiger charge is 2.09. The van der Waals surface area contributed by atoms with Crippen molar-refractivity contribution in [3.63, 3.8) is 0 Å². The van der Waals surface area contributed by atoms with Gasteiger partial charge in [0, 0.05) is 34.3 Å². The van der Waals surface area contributed by atoms with Gasteiger partial charge in [0.15, 0.2) is 0 Å². The number of carbonyl (C=O) groups is 1. The van der Waals surface area contributed by atoms with Gasteiger partial charge in [-0.25, -0.2) is 9.36 Å². The van der Waals surface area contributed by atoms with E-state index in [1.807, 2.05) is 48.5 Å². The van der Waals surface area contributed by atoms with E-state index in [0.717, 1.165) is 26.0 Å². The smallest absolute Gasteiger partial charge is 0.267 e. The average molecular weight is 536 g/mol. The van der Waals surface area contributed by atoms with E-state index >= 15 is 0 Å². The summed E-state index contributed by atoms with van der Waals surface area (Å²) in [4.78, 5) is 36.9. The predicted molar refractivity (Wildman–Crippen MR) is 135 cm³/mol. The van der Waals surface area contributed by atoms with E-state index in [2.05, 4.69) is 31.4 Å². The molecule has 10 heteroatoms. The number of methoxy groups -OCH3 is 1. The molecule has 0 saturated carbocycles. The Hall–Kier alpha value is -4.05. The summed E-state index contributed by atoms with van der Waals surface area (Å²) in [5.74, 6) is 0.327. The molecule has 0 aliphatic rings. The third kappa shape index (κ3) is 6.10. The maximum atomic E-state index is 12.4. The standard InChI is InChI=1S/C25H22BrN5O4/c1-35-20-8-4-18(5-9-20)21-10-12-24(33)30(28-21)15-14-27-23(32)16-31-25(34)13-11-22(29-31)17-2-6-19(26)7-3-17/h2-13H,14-16H2,1H3,(H,27,32). The molecule has 0 bridgehead atoms. The third-order valence-corrected chi connectivity index (χ3v) is 5.73. The highest BCUT2D eigenvalue weighted by Crippen LogP contribution is 2.20. The Morgan fingerprint density at radius 2 is 1.37 bits per heavy atom. The summed E-state index contributed by atoms with van der Waals surface area (Å²) in [5, 5.41) is 11.4. The highest BCUT2D eigenvalue weighted by atomic mass is 79.9. The van der Waals surface area contributed by atoms with Crippen LogP contribution in [0, 0.1) is 0 Å². The Labute approximate surface area is 209 Å². The van der Waals surface area contributed by atoms with Gasteiger partial charge in [-0.15, -0.1) is 0 Å². The van der Waals surface area contributed by atoms with Crippen LogP contribution in [0.25, 0.3) is 22.5 Å². The number of amides is 1. The van der Waals surface area contributed by atoms with Crippen LogP contribution in [0.5, 0.6) is 5.75 Å². The van der Waals surface area contributed by atoms with Crippen LogP contribution in [0.4, 0.5) is 0 Å². The van der Waals surface area contributed by atoms with Crippen LogP contribution >= 0.6 is 15.9 Å². The molecular formula is C25H22BrN5O4. The lowest BCUT2D eigenvalue weighted by Gasteiger charge is -2.10. The molecule has 35 heavy (non-hydrogen) atoms. The molecule has 0 spiro atoms. The molecule has 0 aliphatic carbocycles. The van der Waals surface area contributed by atoms with Crippen molar-refractivity contribution in [2.75, 3.05) is 13.7 Å². The lowest BCUT2D eigenvalue weighted by molar-refractivity contribution is -0.121. The van der Waals surface area contributed by atoms with E-state index in [1.165, 1.54) is 16.8 Å². The molecule has 0 unspecified atom stereocenters. The number of hydrogen-bond acceptors (Lipinski definition) is 6. The number of hydrogen-bond donors (Lipinski definition) is 1. The van der Waals surface area contributed by atoms with Crippen molar-refractivity contribution in [3.05, 3.63) is 98.0 Å². The molecule has 4 aromatic rings. The van der Waals surface area contributed by atoms with Gasteiger partial charge < -0.3 is 10.1 Å². The molecule has 2 aromatic carbocycles. The molecule has 0 radical (unpaired) electrons. The molecule has 1 N–H and O–H groups in total. The Bertz CT molecular complexity index is 1450. The summed E-state index contributed by atoms with van der Waals surface area (Å²) in [6.45, 7) is 0.103. The summed E-state index contributed by atoms with van der Waals surface area (Å²) >= 11 is 3.38. The van der Waals surface area contributed by atoms with Crippen LogP contribution in [0.15, 0.2) is 86.9 Å². The van der Waals surface area contributed by atoms with E-state index in [0.29, 0.717) is 11.4 Å². The summed E-state index contributed by atoms with van der Waals surface area (Å²) in [6.07, 6.45) is 0. The largest absolute Gasteiger partial charge is 0.497 e. The second-order valence-electron chi connectivity index (χ2n) is 7.58. The van der Waals surface area contributed by atoms with Gasteiger partial charge in [-0.2, -0.15) is 10.2 Å². The fourth-order valence-electron chi connectivity index (χ4n) is 3.35. The zero-order valence-electron chi connectivity index (χ0n) is 18.8. The minimum Gasteiger partial charge on any atom is -0.497 e. The number of benzene rings is 2. The van der Waals surface area contributed by atoms with Crippen molar-refractivity contribution < 1.29 is 9.53 Å². The fraction of sp³-hybridized carbons (Fsp3) is 0.160. The number of nitrogens with zero attached hydrogens (tertiary/aromatic N) is 4. The number of nitrogens with one attached hydrogen (secondary N) is 1. The maximum Gasteiger partial charge on any atom is 0.267 e. The topological polar surface area (TPSA) is 108 Å². The fourth-order valence-corrected chi connectivity index (χ4v) is 3.62. The van der Waals surface area contributed by atoms with Crippen molar-refractivity contribution >= 4 is 21.8 Å². The molecule has 178 valence electrons. The first-order valence-electron chi connectivity index (χ1n) is 10.8. The average Bonchev–Trinajstić information content (AvgIpc) is 2.87. The minimum atomic E-state index is -0.396. The van der Waals surface area contributed by atoms with Crippen molar-refractivity contribution in [1.29, 1.82) is 0 Å². The molecule has 0 aliphatic heterocycles. The number of aromatic nitrogens is 4. The van der Waals surface area contributed by atoms with E-state index in [4.69, 9.17) is 4.74 Å². The number of halogens is 1. The monoisotopic (exact) mass is 535 g/mol. The lowest BCUT2D eigenvalue weighted by Crippen LogP contribution is -2.36. The third-order valence-electron chi connectivity index (χ3n) is 5.20. The molecular weight excluding hydrogens is 514 g/mol. The van der Waals surface area contributed by atoms with Gasteiger partial charge in [-0.1, -0.05) is 28.1 Å². The molecule has 0 atom stereocenters. The molecule has 0 saturated heterocycles. The van der Waals surface area contributed by atoms with Gasteiger partial charge in [0.2, 0.25) is 5.91 Å². The van der Waals surface area contributed by atoms with Gasteiger partial charge >= 0.3 is 0 Å². The summed E-state index contributed by atoms with van der Waals surface area (Å²) in [7, 11) is 1.59. The summed E-state index contributed by atoms with van der Waals surface area (Å²) in [5.41, 5.74) is 2.20. The van der Waals surface area contributed by atoms with Crippen LogP contribution in [0.2, 0.25) is 0 Å². The lowest BCUT2D eigenvalue weighted by atomic mass is 10.1. The zero-order chi connectivity index (χ0) is 24.8. The Kier molecular flexibility index (Phi) is 7.51. The molecule has 2 heterocycles. The molecule has 9 nitrogen and oxygen atoms in total. The van der Waals surface area contributed by atoms with Gasteiger partial charge in [-0.05, 0) is 48.5 Å². The first-order valence-corrected chi connectivity index (χ1v) is 11.6. The number of ether oxygens (including phenoxy) is 1. The Balaban J connectivity index is 1.39. The summed E-state index contributed by atoms with van der Waals surface area (Å²) < 4.78 is 8.49. The second kappa shape index (κ2) is 10.9. The number of carbonyl (C=O) groups excluding carboxylic acids is 1. The second-order valence-corrected chi connectivity index (χ2v) is 8.50. The van der Waals surface area contributed by atoms with E-state index in [-0.39, 0.29) is 30.8 Å². The predicted octanol–water partition coefficient (Wildman–Crippen LogP) is 2.72.